The van der Waals surface area contributed by atoms with Gasteiger partial charge in [-0.3, -0.25) is 0 Å². The minimum absolute atomic E-state index is 0.373. The van der Waals surface area contributed by atoms with Gasteiger partial charge < -0.3 is 8.74 Å². The molecule has 0 aromatic heterocycles. The van der Waals surface area contributed by atoms with Crippen molar-refractivity contribution >= 4 is 11.4 Å². The summed E-state index contributed by atoms with van der Waals surface area (Å²) in [5, 5.41) is 0. The molecular formula is C16H25O3S-. The summed E-state index contributed by atoms with van der Waals surface area (Å²) in [5.41, 5.74) is 1.24. The highest BCUT2D eigenvalue weighted by Gasteiger charge is 1.97. The Bertz CT molecular complexity index is 376. The Kier molecular flexibility index (Phi) is 9.33. The van der Waals surface area contributed by atoms with Crippen molar-refractivity contribution < 1.29 is 12.9 Å². The molecule has 0 bridgehead atoms. The Balaban J connectivity index is 2.08. The first-order valence-electron chi connectivity index (χ1n) is 7.59. The molecule has 0 aliphatic carbocycles. The van der Waals surface area contributed by atoms with E-state index >= 15 is 0 Å². The van der Waals surface area contributed by atoms with Crippen LogP contribution in [0.1, 0.15) is 63.9 Å². The topological polar surface area (TPSA) is 49.4 Å². The lowest BCUT2D eigenvalue weighted by molar-refractivity contribution is 0.440. The Morgan fingerprint density at radius 2 is 1.50 bits per heavy atom. The van der Waals surface area contributed by atoms with Crippen LogP contribution >= 0.6 is 0 Å². The molecule has 0 saturated carbocycles. The minimum atomic E-state index is -2.49. The molecule has 1 atom stereocenters. The first-order chi connectivity index (χ1) is 9.72. The summed E-state index contributed by atoms with van der Waals surface area (Å²) < 4.78 is 25.3. The van der Waals surface area contributed by atoms with Crippen molar-refractivity contribution in [1.82, 2.24) is 0 Å². The van der Waals surface area contributed by atoms with E-state index in [1.54, 1.807) is 12.1 Å². The molecule has 1 rings (SSSR count). The average molecular weight is 297 g/mol. The van der Waals surface area contributed by atoms with Gasteiger partial charge in [-0.2, -0.15) is 0 Å². The van der Waals surface area contributed by atoms with E-state index in [0.29, 0.717) is 5.75 Å². The van der Waals surface area contributed by atoms with Crippen LogP contribution in [-0.4, -0.2) is 8.76 Å². The van der Waals surface area contributed by atoms with Crippen molar-refractivity contribution in [2.24, 2.45) is 0 Å². The molecule has 114 valence electrons. The van der Waals surface area contributed by atoms with Gasteiger partial charge >= 0.3 is 0 Å². The summed E-state index contributed by atoms with van der Waals surface area (Å²) in [6, 6.07) is 7.28. The summed E-state index contributed by atoms with van der Waals surface area (Å²) in [6.45, 7) is 2.24. The van der Waals surface area contributed by atoms with E-state index < -0.39 is 11.4 Å². The van der Waals surface area contributed by atoms with Gasteiger partial charge in [0.1, 0.15) is 17.1 Å². The quantitative estimate of drug-likeness (QED) is 0.445. The van der Waals surface area contributed by atoms with Gasteiger partial charge in [-0.25, -0.2) is 4.21 Å². The van der Waals surface area contributed by atoms with Crippen LogP contribution in [-0.2, 0) is 17.8 Å². The molecule has 0 amide bonds. The molecule has 1 aromatic rings. The van der Waals surface area contributed by atoms with Crippen molar-refractivity contribution in [3.05, 3.63) is 29.8 Å². The molecule has 3 nitrogen and oxygen atoms in total. The van der Waals surface area contributed by atoms with Gasteiger partial charge in [0.15, 0.2) is 0 Å². The lowest BCUT2D eigenvalue weighted by Gasteiger charge is -2.07. The van der Waals surface area contributed by atoms with E-state index in [4.69, 9.17) is 0 Å². The summed E-state index contributed by atoms with van der Waals surface area (Å²) in [4.78, 5) is 0. The standard InChI is InChI=1S/C16H26O3S/c1-2-3-4-5-6-7-8-9-10-15-11-13-16(14-12-15)19-20(17)18/h11-14H,2-10H2,1H3,(H,17,18)/p-1. The molecule has 0 spiro atoms. The predicted molar refractivity (Wildman–Crippen MR) is 82.3 cm³/mol. The fraction of sp³-hybridized carbons (Fsp3) is 0.625. The third-order valence-electron chi connectivity index (χ3n) is 3.41. The monoisotopic (exact) mass is 297 g/mol. The number of rotatable bonds is 11. The Morgan fingerprint density at radius 1 is 0.950 bits per heavy atom. The van der Waals surface area contributed by atoms with Crippen molar-refractivity contribution in [2.75, 3.05) is 0 Å². The van der Waals surface area contributed by atoms with E-state index in [9.17, 15) is 8.76 Å². The van der Waals surface area contributed by atoms with Gasteiger partial charge in [0, 0.05) is 0 Å². The third-order valence-corrected chi connectivity index (χ3v) is 3.74. The molecule has 0 heterocycles. The number of benzene rings is 1. The Labute approximate surface area is 125 Å². The molecule has 4 heteroatoms. The van der Waals surface area contributed by atoms with Gasteiger partial charge in [0.25, 0.3) is 0 Å². The van der Waals surface area contributed by atoms with Crippen LogP contribution in [0.15, 0.2) is 24.3 Å². The summed E-state index contributed by atoms with van der Waals surface area (Å²) in [7, 11) is 0. The number of hydrogen-bond acceptors (Lipinski definition) is 3. The SMILES string of the molecule is CCCCCCCCCCc1ccc(OS(=O)[O-])cc1. The molecule has 1 aromatic carbocycles. The average Bonchev–Trinajstić information content (AvgIpc) is 2.43. The van der Waals surface area contributed by atoms with E-state index in [-0.39, 0.29) is 0 Å². The van der Waals surface area contributed by atoms with Crippen LogP contribution < -0.4 is 4.18 Å². The molecule has 1 unspecified atom stereocenters. The van der Waals surface area contributed by atoms with Crippen LogP contribution in [0, 0.1) is 0 Å². The minimum Gasteiger partial charge on any atom is -0.740 e. The number of aryl methyl sites for hydroxylation is 1. The van der Waals surface area contributed by atoms with E-state index in [1.807, 2.05) is 12.1 Å². The fourth-order valence-corrected chi connectivity index (χ4v) is 2.52. The van der Waals surface area contributed by atoms with Crippen LogP contribution in [0.3, 0.4) is 0 Å². The zero-order chi connectivity index (χ0) is 14.6. The normalized spacial score (nSPS) is 12.3. The summed E-state index contributed by atoms with van der Waals surface area (Å²) >= 11 is -2.49. The highest BCUT2D eigenvalue weighted by atomic mass is 32.2. The molecular weight excluding hydrogens is 272 g/mol. The predicted octanol–water partition coefficient (Wildman–Crippen LogP) is 4.54. The Hall–Kier alpha value is -0.870. The van der Waals surface area contributed by atoms with E-state index in [1.165, 1.54) is 56.9 Å². The third kappa shape index (κ3) is 8.33. The molecule has 0 aliphatic rings. The van der Waals surface area contributed by atoms with Crippen LogP contribution in [0.2, 0.25) is 0 Å². The second kappa shape index (κ2) is 10.9. The molecule has 0 N–H and O–H groups in total. The highest BCUT2D eigenvalue weighted by molar-refractivity contribution is 7.74. The van der Waals surface area contributed by atoms with Crippen LogP contribution in [0.4, 0.5) is 0 Å². The second-order valence-corrected chi connectivity index (χ2v) is 5.73. The molecule has 0 fully saturated rings. The zero-order valence-electron chi connectivity index (χ0n) is 12.3. The summed E-state index contributed by atoms with van der Waals surface area (Å²) in [5.74, 6) is 0.373. The Morgan fingerprint density at radius 3 is 2.05 bits per heavy atom. The number of unbranched alkanes of at least 4 members (excludes halogenated alkanes) is 7. The smallest absolute Gasteiger partial charge is 0.139 e. The van der Waals surface area contributed by atoms with Crippen molar-refractivity contribution in [2.45, 2.75) is 64.7 Å². The maximum Gasteiger partial charge on any atom is 0.139 e. The molecule has 0 radical (unpaired) electrons. The first-order valence-corrected chi connectivity index (χ1v) is 8.59. The lowest BCUT2D eigenvalue weighted by Crippen LogP contribution is -1.97. The zero-order valence-corrected chi connectivity index (χ0v) is 13.1. The van der Waals surface area contributed by atoms with Gasteiger partial charge in [-0.05, 0) is 30.5 Å². The molecule has 0 saturated heterocycles. The molecule has 20 heavy (non-hydrogen) atoms. The maximum absolute atomic E-state index is 10.4. The largest absolute Gasteiger partial charge is 0.740 e. The van der Waals surface area contributed by atoms with Gasteiger partial charge in [0.05, 0.1) is 0 Å². The maximum atomic E-state index is 10.4. The van der Waals surface area contributed by atoms with Crippen molar-refractivity contribution in [3.63, 3.8) is 0 Å². The van der Waals surface area contributed by atoms with Gasteiger partial charge in [-0.1, -0.05) is 64.0 Å². The molecule has 0 aliphatic heterocycles. The van der Waals surface area contributed by atoms with Crippen molar-refractivity contribution in [1.29, 1.82) is 0 Å². The highest BCUT2D eigenvalue weighted by Crippen LogP contribution is 2.15. The summed E-state index contributed by atoms with van der Waals surface area (Å²) in [6.07, 6.45) is 11.6. The first kappa shape index (κ1) is 17.2. The van der Waals surface area contributed by atoms with Crippen LogP contribution in [0.5, 0.6) is 5.75 Å². The van der Waals surface area contributed by atoms with E-state index in [0.717, 1.165) is 6.42 Å². The number of hydrogen-bond donors (Lipinski definition) is 0. The van der Waals surface area contributed by atoms with Gasteiger partial charge in [-0.15, -0.1) is 0 Å². The van der Waals surface area contributed by atoms with E-state index in [2.05, 4.69) is 11.1 Å². The van der Waals surface area contributed by atoms with Crippen molar-refractivity contribution in [3.8, 4) is 5.75 Å². The lowest BCUT2D eigenvalue weighted by atomic mass is 10.0. The van der Waals surface area contributed by atoms with Crippen LogP contribution in [0.25, 0.3) is 0 Å². The second-order valence-electron chi connectivity index (χ2n) is 5.16. The van der Waals surface area contributed by atoms with Gasteiger partial charge in [0.2, 0.25) is 0 Å². The fourth-order valence-electron chi connectivity index (χ4n) is 2.25.